The van der Waals surface area contributed by atoms with E-state index in [-0.39, 0.29) is 12.2 Å². The van der Waals surface area contributed by atoms with Crippen molar-refractivity contribution in [2.45, 2.75) is 32.0 Å². The molecule has 0 aliphatic carbocycles. The van der Waals surface area contributed by atoms with Crippen molar-refractivity contribution in [3.63, 3.8) is 0 Å². The van der Waals surface area contributed by atoms with Crippen LogP contribution in [0.5, 0.6) is 5.75 Å². The van der Waals surface area contributed by atoms with Crippen molar-refractivity contribution in [3.05, 3.63) is 24.0 Å². The van der Waals surface area contributed by atoms with Crippen LogP contribution in [0, 0.1) is 6.92 Å². The standard InChI is InChI=1S/C12H18N2O2/c1-9-2-3-11(7-14-9)15-8-12-5-4-10(6-13)16-12/h2-3,7,10,12H,4-6,8,13H2,1H3. The number of nitrogens with zero attached hydrogens (tertiary/aromatic N) is 1. The zero-order valence-electron chi connectivity index (χ0n) is 9.56. The molecule has 2 rings (SSSR count). The molecule has 2 unspecified atom stereocenters. The van der Waals surface area contributed by atoms with E-state index >= 15 is 0 Å². The summed E-state index contributed by atoms with van der Waals surface area (Å²) in [5.74, 6) is 0.797. The summed E-state index contributed by atoms with van der Waals surface area (Å²) in [7, 11) is 0. The smallest absolute Gasteiger partial charge is 0.137 e. The first kappa shape index (κ1) is 11.4. The van der Waals surface area contributed by atoms with Crippen molar-refractivity contribution in [2.24, 2.45) is 5.73 Å². The van der Waals surface area contributed by atoms with E-state index in [1.165, 1.54) is 0 Å². The molecule has 0 radical (unpaired) electrons. The molecule has 2 N–H and O–H groups in total. The summed E-state index contributed by atoms with van der Waals surface area (Å²) in [6.07, 6.45) is 4.20. The Kier molecular flexibility index (Phi) is 3.74. The van der Waals surface area contributed by atoms with Crippen LogP contribution in [0.4, 0.5) is 0 Å². The monoisotopic (exact) mass is 222 g/mol. The van der Waals surface area contributed by atoms with Gasteiger partial charge in [0.2, 0.25) is 0 Å². The van der Waals surface area contributed by atoms with Crippen LogP contribution >= 0.6 is 0 Å². The Labute approximate surface area is 95.8 Å². The van der Waals surface area contributed by atoms with Crippen molar-refractivity contribution in [1.82, 2.24) is 4.98 Å². The minimum absolute atomic E-state index is 0.176. The van der Waals surface area contributed by atoms with E-state index in [9.17, 15) is 0 Å². The normalized spacial score (nSPS) is 24.6. The first-order valence-electron chi connectivity index (χ1n) is 5.69. The van der Waals surface area contributed by atoms with Crippen LogP contribution in [0.3, 0.4) is 0 Å². The molecule has 1 aromatic heterocycles. The topological polar surface area (TPSA) is 57.4 Å². The average Bonchev–Trinajstić information content (AvgIpc) is 2.76. The van der Waals surface area contributed by atoms with Gasteiger partial charge in [-0.05, 0) is 31.9 Å². The maximum Gasteiger partial charge on any atom is 0.137 e. The quantitative estimate of drug-likeness (QED) is 0.833. The Hall–Kier alpha value is -1.13. The van der Waals surface area contributed by atoms with E-state index in [1.54, 1.807) is 6.20 Å². The fraction of sp³-hybridized carbons (Fsp3) is 0.583. The van der Waals surface area contributed by atoms with Gasteiger partial charge >= 0.3 is 0 Å². The third-order valence-electron chi connectivity index (χ3n) is 2.78. The fourth-order valence-electron chi connectivity index (χ4n) is 1.80. The largest absolute Gasteiger partial charge is 0.489 e. The maximum absolute atomic E-state index is 5.69. The molecule has 0 spiro atoms. The zero-order chi connectivity index (χ0) is 11.4. The number of hydrogen-bond donors (Lipinski definition) is 1. The lowest BCUT2D eigenvalue weighted by Crippen LogP contribution is -2.23. The number of nitrogens with two attached hydrogens (primary N) is 1. The SMILES string of the molecule is Cc1ccc(OCC2CCC(CN)O2)cn1. The van der Waals surface area contributed by atoms with Gasteiger partial charge in [0.05, 0.1) is 18.4 Å². The highest BCUT2D eigenvalue weighted by atomic mass is 16.5. The molecule has 0 bridgehead atoms. The molecule has 4 nitrogen and oxygen atoms in total. The number of ether oxygens (including phenoxy) is 2. The van der Waals surface area contributed by atoms with Crippen LogP contribution in [-0.4, -0.2) is 30.3 Å². The van der Waals surface area contributed by atoms with Gasteiger partial charge in [-0.2, -0.15) is 0 Å². The van der Waals surface area contributed by atoms with Gasteiger partial charge in [0, 0.05) is 12.2 Å². The Morgan fingerprint density at radius 1 is 1.44 bits per heavy atom. The Morgan fingerprint density at radius 2 is 2.25 bits per heavy atom. The van der Waals surface area contributed by atoms with Crippen molar-refractivity contribution in [3.8, 4) is 5.75 Å². The second-order valence-corrected chi connectivity index (χ2v) is 4.14. The lowest BCUT2D eigenvalue weighted by molar-refractivity contribution is 0.0221. The molecule has 88 valence electrons. The number of hydrogen-bond acceptors (Lipinski definition) is 4. The highest BCUT2D eigenvalue weighted by molar-refractivity contribution is 5.19. The van der Waals surface area contributed by atoms with Crippen LogP contribution in [0.2, 0.25) is 0 Å². The molecule has 1 aromatic rings. The Morgan fingerprint density at radius 3 is 2.88 bits per heavy atom. The molecule has 0 amide bonds. The summed E-state index contributed by atoms with van der Waals surface area (Å²) in [5.41, 5.74) is 6.54. The van der Waals surface area contributed by atoms with Gasteiger partial charge in [0.15, 0.2) is 0 Å². The predicted molar refractivity (Wildman–Crippen MR) is 61.4 cm³/mol. The molecular weight excluding hydrogens is 204 g/mol. The summed E-state index contributed by atoms with van der Waals surface area (Å²) in [5, 5.41) is 0. The molecule has 1 aliphatic rings. The zero-order valence-corrected chi connectivity index (χ0v) is 9.56. The van der Waals surface area contributed by atoms with Crippen molar-refractivity contribution in [1.29, 1.82) is 0 Å². The van der Waals surface area contributed by atoms with E-state index in [2.05, 4.69) is 4.98 Å². The van der Waals surface area contributed by atoms with E-state index < -0.39 is 0 Å². The summed E-state index contributed by atoms with van der Waals surface area (Å²) < 4.78 is 11.3. The van der Waals surface area contributed by atoms with E-state index in [4.69, 9.17) is 15.2 Å². The van der Waals surface area contributed by atoms with Crippen molar-refractivity contribution >= 4 is 0 Å². The highest BCUT2D eigenvalue weighted by Gasteiger charge is 2.24. The van der Waals surface area contributed by atoms with E-state index in [0.29, 0.717) is 13.2 Å². The molecule has 1 aliphatic heterocycles. The van der Waals surface area contributed by atoms with E-state index in [0.717, 1.165) is 24.3 Å². The van der Waals surface area contributed by atoms with Crippen LogP contribution < -0.4 is 10.5 Å². The van der Waals surface area contributed by atoms with Crippen LogP contribution in [0.1, 0.15) is 18.5 Å². The molecule has 2 atom stereocenters. The molecular formula is C12H18N2O2. The van der Waals surface area contributed by atoms with E-state index in [1.807, 2.05) is 19.1 Å². The highest BCUT2D eigenvalue weighted by Crippen LogP contribution is 2.20. The molecule has 1 fully saturated rings. The van der Waals surface area contributed by atoms with Crippen LogP contribution in [0.15, 0.2) is 18.3 Å². The molecule has 2 heterocycles. The Bertz CT molecular complexity index is 326. The fourth-order valence-corrected chi connectivity index (χ4v) is 1.80. The van der Waals surface area contributed by atoms with Gasteiger partial charge in [-0.3, -0.25) is 4.98 Å². The molecule has 0 aromatic carbocycles. The molecule has 0 saturated carbocycles. The second-order valence-electron chi connectivity index (χ2n) is 4.14. The number of pyridine rings is 1. The van der Waals surface area contributed by atoms with Gasteiger partial charge in [-0.1, -0.05) is 0 Å². The van der Waals surface area contributed by atoms with Gasteiger partial charge in [-0.25, -0.2) is 0 Å². The van der Waals surface area contributed by atoms with Crippen molar-refractivity contribution in [2.75, 3.05) is 13.2 Å². The molecule has 1 saturated heterocycles. The first-order valence-corrected chi connectivity index (χ1v) is 5.69. The number of aryl methyl sites for hydroxylation is 1. The summed E-state index contributed by atoms with van der Waals surface area (Å²) in [6, 6.07) is 3.87. The van der Waals surface area contributed by atoms with Gasteiger partial charge in [0.25, 0.3) is 0 Å². The summed E-state index contributed by atoms with van der Waals surface area (Å²) in [4.78, 5) is 4.17. The summed E-state index contributed by atoms with van der Waals surface area (Å²) >= 11 is 0. The molecule has 4 heteroatoms. The van der Waals surface area contributed by atoms with Gasteiger partial charge in [0.1, 0.15) is 12.4 Å². The Balaban J connectivity index is 1.77. The maximum atomic E-state index is 5.69. The number of rotatable bonds is 4. The predicted octanol–water partition coefficient (Wildman–Crippen LogP) is 1.28. The van der Waals surface area contributed by atoms with Crippen LogP contribution in [-0.2, 0) is 4.74 Å². The van der Waals surface area contributed by atoms with Crippen LogP contribution in [0.25, 0.3) is 0 Å². The third kappa shape index (κ3) is 2.93. The lowest BCUT2D eigenvalue weighted by Gasteiger charge is -2.13. The minimum atomic E-state index is 0.176. The number of aromatic nitrogens is 1. The first-order chi connectivity index (χ1) is 7.78. The lowest BCUT2D eigenvalue weighted by atomic mass is 10.2. The van der Waals surface area contributed by atoms with Gasteiger partial charge < -0.3 is 15.2 Å². The summed E-state index contributed by atoms with van der Waals surface area (Å²) in [6.45, 7) is 3.14. The minimum Gasteiger partial charge on any atom is -0.489 e. The third-order valence-corrected chi connectivity index (χ3v) is 2.78. The average molecular weight is 222 g/mol. The molecule has 16 heavy (non-hydrogen) atoms. The van der Waals surface area contributed by atoms with Gasteiger partial charge in [-0.15, -0.1) is 0 Å². The van der Waals surface area contributed by atoms with Crippen molar-refractivity contribution < 1.29 is 9.47 Å². The second kappa shape index (κ2) is 5.27.